The lowest BCUT2D eigenvalue weighted by molar-refractivity contribution is -0.115. The molecule has 9 heteroatoms. The Morgan fingerprint density at radius 2 is 2.21 bits per heavy atom. The number of pyridine rings is 1. The van der Waals surface area contributed by atoms with Gasteiger partial charge in [0.15, 0.2) is 0 Å². The van der Waals surface area contributed by atoms with Gasteiger partial charge in [0.1, 0.15) is 11.3 Å². The number of nitrogens with zero attached hydrogens (tertiary/aromatic N) is 6. The van der Waals surface area contributed by atoms with E-state index in [2.05, 4.69) is 33.0 Å². The molecule has 0 unspecified atom stereocenters. The fraction of sp³-hybridized carbons (Fsp3) is 0.375. The van der Waals surface area contributed by atoms with E-state index in [1.807, 2.05) is 25.3 Å². The van der Waals surface area contributed by atoms with Crippen LogP contribution in [0.2, 0.25) is 0 Å². The van der Waals surface area contributed by atoms with Crippen molar-refractivity contribution in [3.05, 3.63) is 48.2 Å². The molecule has 4 aromatic rings. The van der Waals surface area contributed by atoms with Crippen molar-refractivity contribution in [2.45, 2.75) is 51.8 Å². The number of anilines is 1. The number of ether oxygens (including phenoxy) is 1. The highest BCUT2D eigenvalue weighted by molar-refractivity contribution is 6.03. The SMILES string of the molecule is CCn1cc(NC(=O)Cc2nc3cnc4ccc(C#N)cc4c3n2[C@@H]2CCO[C@H](C)C2)cn1. The molecule has 2 atom stereocenters. The summed E-state index contributed by atoms with van der Waals surface area (Å²) < 4.78 is 9.72. The van der Waals surface area contributed by atoms with Crippen molar-refractivity contribution in [3.8, 4) is 6.07 Å². The molecule has 0 spiro atoms. The average Bonchev–Trinajstić information content (AvgIpc) is 3.42. The summed E-state index contributed by atoms with van der Waals surface area (Å²) in [7, 11) is 0. The number of carbonyl (C=O) groups excluding carboxylic acids is 1. The number of amides is 1. The minimum Gasteiger partial charge on any atom is -0.378 e. The Hall–Kier alpha value is -3.77. The molecule has 1 aliphatic heterocycles. The lowest BCUT2D eigenvalue weighted by Gasteiger charge is -2.30. The Labute approximate surface area is 191 Å². The third-order valence-corrected chi connectivity index (χ3v) is 6.10. The number of imidazole rings is 1. The first-order chi connectivity index (χ1) is 16.1. The molecule has 1 fully saturated rings. The van der Waals surface area contributed by atoms with Gasteiger partial charge in [0.2, 0.25) is 5.91 Å². The minimum atomic E-state index is -0.155. The normalized spacial score (nSPS) is 18.5. The van der Waals surface area contributed by atoms with Gasteiger partial charge in [0, 0.05) is 30.8 Å². The van der Waals surface area contributed by atoms with Gasteiger partial charge in [0.05, 0.1) is 53.3 Å². The van der Waals surface area contributed by atoms with Gasteiger partial charge in [-0.25, -0.2) is 4.98 Å². The quantitative estimate of drug-likeness (QED) is 0.505. The lowest BCUT2D eigenvalue weighted by Crippen LogP contribution is -2.27. The van der Waals surface area contributed by atoms with E-state index >= 15 is 0 Å². The van der Waals surface area contributed by atoms with Crippen LogP contribution in [0.15, 0.2) is 36.8 Å². The second-order valence-corrected chi connectivity index (χ2v) is 8.40. The molecule has 1 amide bonds. The van der Waals surface area contributed by atoms with Crippen LogP contribution in [0.1, 0.15) is 44.1 Å². The highest BCUT2D eigenvalue weighted by Gasteiger charge is 2.27. The molecule has 1 aromatic carbocycles. The Kier molecular flexibility index (Phi) is 5.52. The number of hydrogen-bond acceptors (Lipinski definition) is 6. The van der Waals surface area contributed by atoms with Crippen LogP contribution >= 0.6 is 0 Å². The number of hydrogen-bond donors (Lipinski definition) is 1. The third-order valence-electron chi connectivity index (χ3n) is 6.10. The zero-order valence-corrected chi connectivity index (χ0v) is 18.7. The van der Waals surface area contributed by atoms with Gasteiger partial charge >= 0.3 is 0 Å². The zero-order chi connectivity index (χ0) is 22.9. The number of fused-ring (bicyclic) bond motifs is 3. The molecule has 0 bridgehead atoms. The van der Waals surface area contributed by atoms with E-state index in [1.165, 1.54) is 0 Å². The Morgan fingerprint density at radius 1 is 1.33 bits per heavy atom. The molecule has 168 valence electrons. The van der Waals surface area contributed by atoms with Crippen LogP contribution in [0, 0.1) is 11.3 Å². The zero-order valence-electron chi connectivity index (χ0n) is 18.7. The predicted molar refractivity (Wildman–Crippen MR) is 124 cm³/mol. The molecular weight excluding hydrogens is 418 g/mol. The first kappa shape index (κ1) is 21.1. The Balaban J connectivity index is 1.59. The molecule has 0 radical (unpaired) electrons. The second kappa shape index (κ2) is 8.64. The summed E-state index contributed by atoms with van der Waals surface area (Å²) in [4.78, 5) is 22.3. The molecule has 1 aliphatic rings. The van der Waals surface area contributed by atoms with E-state index in [-0.39, 0.29) is 24.5 Å². The summed E-state index contributed by atoms with van der Waals surface area (Å²) in [5.74, 6) is 0.526. The van der Waals surface area contributed by atoms with Crippen LogP contribution < -0.4 is 5.32 Å². The monoisotopic (exact) mass is 443 g/mol. The molecule has 0 saturated carbocycles. The van der Waals surface area contributed by atoms with E-state index in [9.17, 15) is 10.1 Å². The largest absolute Gasteiger partial charge is 0.378 e. The molecule has 5 rings (SSSR count). The number of aromatic nitrogens is 5. The summed E-state index contributed by atoms with van der Waals surface area (Å²) in [5, 5.41) is 17.4. The van der Waals surface area contributed by atoms with Gasteiger partial charge in [-0.2, -0.15) is 10.4 Å². The van der Waals surface area contributed by atoms with Crippen molar-refractivity contribution in [1.82, 2.24) is 24.3 Å². The van der Waals surface area contributed by atoms with Crippen LogP contribution in [-0.4, -0.2) is 42.9 Å². The van der Waals surface area contributed by atoms with E-state index in [0.29, 0.717) is 23.7 Å². The number of aryl methyl sites for hydroxylation is 1. The first-order valence-corrected chi connectivity index (χ1v) is 11.2. The Morgan fingerprint density at radius 3 is 2.97 bits per heavy atom. The molecule has 4 heterocycles. The summed E-state index contributed by atoms with van der Waals surface area (Å²) in [5.41, 5.74) is 3.66. The molecular formula is C24H25N7O2. The van der Waals surface area contributed by atoms with Gasteiger partial charge < -0.3 is 14.6 Å². The van der Waals surface area contributed by atoms with Gasteiger partial charge in [-0.15, -0.1) is 0 Å². The number of carbonyl (C=O) groups is 1. The van der Waals surface area contributed by atoms with Gasteiger partial charge in [-0.1, -0.05) is 0 Å². The van der Waals surface area contributed by atoms with Crippen molar-refractivity contribution < 1.29 is 9.53 Å². The molecule has 3 aromatic heterocycles. The van der Waals surface area contributed by atoms with E-state index in [1.54, 1.807) is 23.1 Å². The van der Waals surface area contributed by atoms with Crippen molar-refractivity contribution in [3.63, 3.8) is 0 Å². The van der Waals surface area contributed by atoms with E-state index in [4.69, 9.17) is 9.72 Å². The topological polar surface area (TPSA) is 111 Å². The minimum absolute atomic E-state index is 0.116. The average molecular weight is 444 g/mol. The maximum absolute atomic E-state index is 12.9. The highest BCUT2D eigenvalue weighted by atomic mass is 16.5. The van der Waals surface area contributed by atoms with Crippen LogP contribution in [-0.2, 0) is 22.5 Å². The van der Waals surface area contributed by atoms with Crippen molar-refractivity contribution >= 4 is 33.5 Å². The van der Waals surface area contributed by atoms with Crippen LogP contribution in [0.3, 0.4) is 0 Å². The molecule has 9 nitrogen and oxygen atoms in total. The standard InChI is InChI=1S/C24H25N7O2/c1-3-30-14-17(12-27-30)28-23(32)10-22-29-21-13-26-20-5-4-16(11-25)9-19(20)24(21)31(22)18-6-7-33-15(2)8-18/h4-5,9,12-15,18H,3,6-8,10H2,1-2H3,(H,28,32)/t15-,18-/m1/s1. The molecule has 0 aliphatic carbocycles. The molecule has 33 heavy (non-hydrogen) atoms. The van der Waals surface area contributed by atoms with Crippen molar-refractivity contribution in [1.29, 1.82) is 5.26 Å². The van der Waals surface area contributed by atoms with Crippen LogP contribution in [0.25, 0.3) is 21.9 Å². The van der Waals surface area contributed by atoms with E-state index in [0.717, 1.165) is 41.3 Å². The Bertz CT molecular complexity index is 1380. The second-order valence-electron chi connectivity index (χ2n) is 8.40. The van der Waals surface area contributed by atoms with Crippen molar-refractivity contribution in [2.75, 3.05) is 11.9 Å². The molecule has 1 N–H and O–H groups in total. The fourth-order valence-corrected chi connectivity index (χ4v) is 4.57. The van der Waals surface area contributed by atoms with Crippen LogP contribution in [0.4, 0.5) is 5.69 Å². The number of benzene rings is 1. The van der Waals surface area contributed by atoms with Crippen LogP contribution in [0.5, 0.6) is 0 Å². The van der Waals surface area contributed by atoms with Crippen molar-refractivity contribution in [2.24, 2.45) is 0 Å². The summed E-state index contributed by atoms with van der Waals surface area (Å²) in [6, 6.07) is 7.83. The first-order valence-electron chi connectivity index (χ1n) is 11.2. The maximum atomic E-state index is 12.9. The summed E-state index contributed by atoms with van der Waals surface area (Å²) in [6.07, 6.45) is 7.09. The molecule has 1 saturated heterocycles. The number of rotatable bonds is 5. The third kappa shape index (κ3) is 4.05. The van der Waals surface area contributed by atoms with Gasteiger partial charge in [-0.3, -0.25) is 14.5 Å². The number of nitrogens with one attached hydrogen (secondary N) is 1. The summed E-state index contributed by atoms with van der Waals surface area (Å²) in [6.45, 7) is 5.45. The smallest absolute Gasteiger partial charge is 0.232 e. The van der Waals surface area contributed by atoms with E-state index < -0.39 is 0 Å². The van der Waals surface area contributed by atoms with Gasteiger partial charge in [-0.05, 0) is 44.9 Å². The lowest BCUT2D eigenvalue weighted by atomic mass is 10.0. The maximum Gasteiger partial charge on any atom is 0.232 e. The summed E-state index contributed by atoms with van der Waals surface area (Å²) >= 11 is 0. The number of nitriles is 1. The predicted octanol–water partition coefficient (Wildman–Crippen LogP) is 3.59. The highest BCUT2D eigenvalue weighted by Crippen LogP contribution is 2.34. The van der Waals surface area contributed by atoms with Gasteiger partial charge in [0.25, 0.3) is 0 Å². The fourth-order valence-electron chi connectivity index (χ4n) is 4.57.